The highest BCUT2D eigenvalue weighted by Crippen LogP contribution is 2.41. The zero-order valence-electron chi connectivity index (χ0n) is 12.7. The third-order valence-electron chi connectivity index (χ3n) is 4.75. The van der Waals surface area contributed by atoms with Crippen LogP contribution in [0.15, 0.2) is 12.1 Å². The van der Waals surface area contributed by atoms with Crippen LogP contribution in [0.2, 0.25) is 0 Å². The number of methoxy groups -OCH3 is 2. The van der Waals surface area contributed by atoms with Crippen LogP contribution in [0.3, 0.4) is 0 Å². The lowest BCUT2D eigenvalue weighted by atomic mass is 9.71. The first kappa shape index (κ1) is 14.6. The average Bonchev–Trinajstić information content (AvgIpc) is 2.85. The molecule has 0 amide bonds. The van der Waals surface area contributed by atoms with Gasteiger partial charge in [-0.2, -0.15) is 0 Å². The number of benzene rings is 1. The highest BCUT2D eigenvalue weighted by atomic mass is 19.1. The van der Waals surface area contributed by atoms with Crippen molar-refractivity contribution in [3.05, 3.63) is 23.5 Å². The molecule has 116 valence electrons. The van der Waals surface area contributed by atoms with Crippen LogP contribution in [0.5, 0.6) is 11.5 Å². The second kappa shape index (κ2) is 5.81. The molecule has 0 aromatic heterocycles. The summed E-state index contributed by atoms with van der Waals surface area (Å²) in [7, 11) is 3.07. The summed E-state index contributed by atoms with van der Waals surface area (Å²) in [5, 5.41) is 3.52. The summed E-state index contributed by atoms with van der Waals surface area (Å²) in [6, 6.07) is 3.44. The number of halogens is 1. The van der Waals surface area contributed by atoms with Gasteiger partial charge in [0.2, 0.25) is 0 Å². The summed E-state index contributed by atoms with van der Waals surface area (Å²) < 4.78 is 30.1. The maximum Gasteiger partial charge on any atom is 0.163 e. The van der Waals surface area contributed by atoms with Gasteiger partial charge in [-0.15, -0.1) is 0 Å². The Balaban J connectivity index is 1.73. The van der Waals surface area contributed by atoms with Crippen LogP contribution in [0.4, 0.5) is 4.39 Å². The van der Waals surface area contributed by atoms with Crippen LogP contribution in [-0.2, 0) is 4.74 Å². The van der Waals surface area contributed by atoms with Crippen molar-refractivity contribution in [2.75, 3.05) is 27.4 Å². The molecular formula is C16H22FNO3. The topological polar surface area (TPSA) is 39.7 Å². The van der Waals surface area contributed by atoms with E-state index in [1.54, 1.807) is 13.2 Å². The molecule has 5 heteroatoms. The van der Waals surface area contributed by atoms with Crippen molar-refractivity contribution < 1.29 is 18.6 Å². The van der Waals surface area contributed by atoms with Gasteiger partial charge in [-0.05, 0) is 25.3 Å². The largest absolute Gasteiger partial charge is 0.493 e. The summed E-state index contributed by atoms with van der Waals surface area (Å²) in [4.78, 5) is 0. The van der Waals surface area contributed by atoms with Crippen LogP contribution < -0.4 is 14.8 Å². The lowest BCUT2D eigenvalue weighted by Gasteiger charge is -2.41. The van der Waals surface area contributed by atoms with E-state index in [-0.39, 0.29) is 11.9 Å². The Morgan fingerprint density at radius 2 is 1.95 bits per heavy atom. The fourth-order valence-corrected chi connectivity index (χ4v) is 3.41. The fraction of sp³-hybridized carbons (Fsp3) is 0.625. The zero-order valence-corrected chi connectivity index (χ0v) is 12.7. The molecule has 1 saturated carbocycles. The Bertz CT molecular complexity index is 522. The molecule has 0 spiro atoms. The van der Waals surface area contributed by atoms with E-state index in [1.807, 2.05) is 6.92 Å². The van der Waals surface area contributed by atoms with Crippen LogP contribution in [0.1, 0.15) is 24.9 Å². The first-order valence-electron chi connectivity index (χ1n) is 7.39. The molecule has 2 fully saturated rings. The Labute approximate surface area is 124 Å². The van der Waals surface area contributed by atoms with E-state index in [0.717, 1.165) is 19.6 Å². The van der Waals surface area contributed by atoms with E-state index >= 15 is 0 Å². The maximum atomic E-state index is 14.2. The minimum atomic E-state index is -0.272. The standard InChI is InChI=1S/C16H22FNO3/c1-9(18-14-4-10-7-21-8-12(10)14)11-5-15(19-2)16(20-3)6-13(11)17/h5-6,9-10,12,14,18H,4,7-8H2,1-3H3/t9?,10-,12+,14?/m1/s1. The van der Waals surface area contributed by atoms with Crippen molar-refractivity contribution in [3.63, 3.8) is 0 Å². The zero-order chi connectivity index (χ0) is 15.0. The van der Waals surface area contributed by atoms with Gasteiger partial charge >= 0.3 is 0 Å². The van der Waals surface area contributed by atoms with Crippen LogP contribution in [0.25, 0.3) is 0 Å². The molecule has 1 N–H and O–H groups in total. The second-order valence-electron chi connectivity index (χ2n) is 5.92. The third kappa shape index (κ3) is 2.60. The van der Waals surface area contributed by atoms with Gasteiger partial charge in [0.15, 0.2) is 11.5 Å². The molecule has 1 aromatic rings. The minimum absolute atomic E-state index is 0.0728. The van der Waals surface area contributed by atoms with E-state index in [4.69, 9.17) is 14.2 Å². The molecule has 4 atom stereocenters. The van der Waals surface area contributed by atoms with E-state index < -0.39 is 0 Å². The van der Waals surface area contributed by atoms with E-state index in [0.29, 0.717) is 34.9 Å². The van der Waals surface area contributed by atoms with E-state index in [2.05, 4.69) is 5.32 Å². The van der Waals surface area contributed by atoms with Crippen molar-refractivity contribution in [2.45, 2.75) is 25.4 Å². The number of hydrogen-bond acceptors (Lipinski definition) is 4. The Morgan fingerprint density at radius 1 is 1.24 bits per heavy atom. The van der Waals surface area contributed by atoms with Gasteiger partial charge in [0.1, 0.15) is 5.82 Å². The lowest BCUT2D eigenvalue weighted by molar-refractivity contribution is 0.143. The number of ether oxygens (including phenoxy) is 3. The molecule has 0 radical (unpaired) electrons. The monoisotopic (exact) mass is 295 g/mol. The molecule has 2 aliphatic rings. The summed E-state index contributed by atoms with van der Waals surface area (Å²) >= 11 is 0. The van der Waals surface area contributed by atoms with Gasteiger partial charge in [-0.25, -0.2) is 4.39 Å². The number of fused-ring (bicyclic) bond motifs is 1. The average molecular weight is 295 g/mol. The predicted octanol–water partition coefficient (Wildman–Crippen LogP) is 2.53. The van der Waals surface area contributed by atoms with Crippen molar-refractivity contribution in [3.8, 4) is 11.5 Å². The van der Waals surface area contributed by atoms with Gasteiger partial charge in [-0.1, -0.05) is 0 Å². The predicted molar refractivity (Wildman–Crippen MR) is 77.3 cm³/mol. The molecule has 1 heterocycles. The van der Waals surface area contributed by atoms with Crippen molar-refractivity contribution >= 4 is 0 Å². The van der Waals surface area contributed by atoms with Crippen LogP contribution in [0, 0.1) is 17.7 Å². The first-order valence-corrected chi connectivity index (χ1v) is 7.39. The van der Waals surface area contributed by atoms with Gasteiger partial charge in [0, 0.05) is 36.2 Å². The normalized spacial score (nSPS) is 28.7. The second-order valence-corrected chi connectivity index (χ2v) is 5.92. The molecular weight excluding hydrogens is 273 g/mol. The molecule has 3 rings (SSSR count). The molecule has 4 nitrogen and oxygen atoms in total. The van der Waals surface area contributed by atoms with Gasteiger partial charge in [0.25, 0.3) is 0 Å². The summed E-state index contributed by atoms with van der Waals surface area (Å²) in [6.07, 6.45) is 1.11. The first-order chi connectivity index (χ1) is 10.1. The Kier molecular flexibility index (Phi) is 4.04. The maximum absolute atomic E-state index is 14.2. The van der Waals surface area contributed by atoms with Gasteiger partial charge in [-0.3, -0.25) is 0 Å². The highest BCUT2D eigenvalue weighted by Gasteiger charge is 2.45. The molecule has 1 saturated heterocycles. The van der Waals surface area contributed by atoms with Crippen molar-refractivity contribution in [1.29, 1.82) is 0 Å². The van der Waals surface area contributed by atoms with Crippen molar-refractivity contribution in [2.24, 2.45) is 11.8 Å². The molecule has 1 aliphatic carbocycles. The molecule has 0 bridgehead atoms. The number of nitrogens with one attached hydrogen (secondary N) is 1. The summed E-state index contributed by atoms with van der Waals surface area (Å²) in [6.45, 7) is 3.68. The molecule has 2 unspecified atom stereocenters. The molecule has 1 aromatic carbocycles. The number of hydrogen-bond donors (Lipinski definition) is 1. The fourth-order valence-electron chi connectivity index (χ4n) is 3.41. The Morgan fingerprint density at radius 3 is 2.62 bits per heavy atom. The smallest absolute Gasteiger partial charge is 0.163 e. The van der Waals surface area contributed by atoms with Crippen molar-refractivity contribution in [1.82, 2.24) is 5.32 Å². The summed E-state index contributed by atoms with van der Waals surface area (Å²) in [5.41, 5.74) is 0.606. The third-order valence-corrected chi connectivity index (χ3v) is 4.75. The highest BCUT2D eigenvalue weighted by molar-refractivity contribution is 5.44. The van der Waals surface area contributed by atoms with Crippen LogP contribution in [-0.4, -0.2) is 33.5 Å². The van der Waals surface area contributed by atoms with E-state index in [9.17, 15) is 4.39 Å². The van der Waals surface area contributed by atoms with Gasteiger partial charge < -0.3 is 19.5 Å². The SMILES string of the molecule is COc1cc(F)c(C(C)NC2C[C@@H]3COC[C@H]23)cc1OC. The summed E-state index contributed by atoms with van der Waals surface area (Å²) in [5.74, 6) is 1.96. The minimum Gasteiger partial charge on any atom is -0.493 e. The molecule has 1 aliphatic heterocycles. The van der Waals surface area contributed by atoms with E-state index in [1.165, 1.54) is 13.2 Å². The Hall–Kier alpha value is -1.33. The quantitative estimate of drug-likeness (QED) is 0.906. The van der Waals surface area contributed by atoms with Gasteiger partial charge in [0.05, 0.1) is 20.8 Å². The lowest BCUT2D eigenvalue weighted by Crippen LogP contribution is -2.50. The van der Waals surface area contributed by atoms with Crippen LogP contribution >= 0.6 is 0 Å². The number of rotatable bonds is 5. The molecule has 21 heavy (non-hydrogen) atoms.